The van der Waals surface area contributed by atoms with Crippen molar-refractivity contribution in [2.45, 2.75) is 19.8 Å². The number of hydrogen-bond donors (Lipinski definition) is 1. The summed E-state index contributed by atoms with van der Waals surface area (Å²) in [5, 5.41) is 10.9. The van der Waals surface area contributed by atoms with Crippen molar-refractivity contribution in [3.63, 3.8) is 0 Å². The number of carbonyl (C=O) groups is 1. The van der Waals surface area contributed by atoms with Crippen LogP contribution in [0.25, 0.3) is 11.5 Å². The van der Waals surface area contributed by atoms with Crippen LogP contribution in [0.4, 0.5) is 0 Å². The zero-order chi connectivity index (χ0) is 18.2. The summed E-state index contributed by atoms with van der Waals surface area (Å²) in [6.45, 7) is 2.44. The lowest BCUT2D eigenvalue weighted by Gasteiger charge is -2.10. The van der Waals surface area contributed by atoms with Gasteiger partial charge in [-0.2, -0.15) is 0 Å². The highest BCUT2D eigenvalue weighted by atomic mass is 16.5. The molecule has 0 aliphatic rings. The number of para-hydroxylation sites is 1. The van der Waals surface area contributed by atoms with E-state index in [1.165, 1.54) is 5.56 Å². The maximum absolute atomic E-state index is 12.0. The van der Waals surface area contributed by atoms with Gasteiger partial charge in [0.25, 0.3) is 11.8 Å². The van der Waals surface area contributed by atoms with E-state index >= 15 is 0 Å². The van der Waals surface area contributed by atoms with Crippen LogP contribution in [0, 0.1) is 0 Å². The Morgan fingerprint density at radius 2 is 1.85 bits per heavy atom. The second-order valence-electron chi connectivity index (χ2n) is 5.72. The number of ether oxygens (including phenoxy) is 1. The summed E-state index contributed by atoms with van der Waals surface area (Å²) in [6, 6.07) is 17.3. The minimum Gasteiger partial charge on any atom is -0.483 e. The van der Waals surface area contributed by atoms with Crippen molar-refractivity contribution in [2.75, 3.05) is 13.2 Å². The Morgan fingerprint density at radius 3 is 2.62 bits per heavy atom. The molecule has 2 aromatic carbocycles. The molecule has 1 amide bonds. The predicted molar refractivity (Wildman–Crippen MR) is 97.8 cm³/mol. The van der Waals surface area contributed by atoms with Crippen molar-refractivity contribution in [3.8, 4) is 17.2 Å². The Bertz CT molecular complexity index is 846. The van der Waals surface area contributed by atoms with E-state index in [9.17, 15) is 4.79 Å². The zero-order valence-electron chi connectivity index (χ0n) is 14.6. The van der Waals surface area contributed by atoms with Crippen molar-refractivity contribution in [2.24, 2.45) is 0 Å². The fourth-order valence-corrected chi connectivity index (χ4v) is 2.46. The molecule has 0 bridgehead atoms. The Balaban J connectivity index is 1.53. The SMILES string of the molecule is CCc1nnc(-c2ccccc2OCC(=O)NCCc2ccccc2)o1. The maximum Gasteiger partial charge on any atom is 0.257 e. The Kier molecular flexibility index (Phi) is 5.98. The summed E-state index contributed by atoms with van der Waals surface area (Å²) < 4.78 is 11.2. The first-order chi connectivity index (χ1) is 12.8. The van der Waals surface area contributed by atoms with Crippen LogP contribution in [0.3, 0.4) is 0 Å². The lowest BCUT2D eigenvalue weighted by molar-refractivity contribution is -0.123. The standard InChI is InChI=1S/C20H21N3O3/c1-2-19-22-23-20(26-19)16-10-6-7-11-17(16)25-14-18(24)21-13-12-15-8-4-3-5-9-15/h3-11H,2,12-14H2,1H3,(H,21,24). The number of carbonyl (C=O) groups excluding carboxylic acids is 1. The molecule has 0 unspecified atom stereocenters. The highest BCUT2D eigenvalue weighted by Gasteiger charge is 2.13. The van der Waals surface area contributed by atoms with Crippen LogP contribution >= 0.6 is 0 Å². The molecule has 1 N–H and O–H groups in total. The molecule has 0 fully saturated rings. The molecule has 3 aromatic rings. The highest BCUT2D eigenvalue weighted by Crippen LogP contribution is 2.28. The highest BCUT2D eigenvalue weighted by molar-refractivity contribution is 5.77. The monoisotopic (exact) mass is 351 g/mol. The third kappa shape index (κ3) is 4.69. The van der Waals surface area contributed by atoms with Crippen LogP contribution < -0.4 is 10.1 Å². The van der Waals surface area contributed by atoms with Gasteiger partial charge in [-0.25, -0.2) is 0 Å². The van der Waals surface area contributed by atoms with Gasteiger partial charge in [-0.3, -0.25) is 4.79 Å². The van der Waals surface area contributed by atoms with Gasteiger partial charge in [-0.1, -0.05) is 49.4 Å². The summed E-state index contributed by atoms with van der Waals surface area (Å²) in [7, 11) is 0. The van der Waals surface area contributed by atoms with Gasteiger partial charge in [0.1, 0.15) is 5.75 Å². The number of nitrogens with one attached hydrogen (secondary N) is 1. The molecular weight excluding hydrogens is 330 g/mol. The number of benzene rings is 2. The Labute approximate surface area is 152 Å². The molecule has 6 nitrogen and oxygen atoms in total. The molecular formula is C20H21N3O3. The fourth-order valence-electron chi connectivity index (χ4n) is 2.46. The van der Waals surface area contributed by atoms with Gasteiger partial charge < -0.3 is 14.5 Å². The normalized spacial score (nSPS) is 10.5. The van der Waals surface area contributed by atoms with Crippen LogP contribution in [0.1, 0.15) is 18.4 Å². The predicted octanol–water partition coefficient (Wildman–Crippen LogP) is 3.04. The molecule has 3 rings (SSSR count). The van der Waals surface area contributed by atoms with E-state index in [2.05, 4.69) is 15.5 Å². The average Bonchev–Trinajstić information content (AvgIpc) is 3.16. The molecule has 0 spiro atoms. The van der Waals surface area contributed by atoms with Gasteiger partial charge in [0.2, 0.25) is 5.89 Å². The minimum atomic E-state index is -0.171. The summed E-state index contributed by atoms with van der Waals surface area (Å²) >= 11 is 0. The third-order valence-corrected chi connectivity index (χ3v) is 3.82. The fraction of sp³-hybridized carbons (Fsp3) is 0.250. The number of nitrogens with zero attached hydrogens (tertiary/aromatic N) is 2. The van der Waals surface area contributed by atoms with Crippen LogP contribution in [-0.2, 0) is 17.6 Å². The van der Waals surface area contributed by atoms with E-state index in [4.69, 9.17) is 9.15 Å². The molecule has 6 heteroatoms. The van der Waals surface area contributed by atoms with E-state index in [0.717, 1.165) is 6.42 Å². The molecule has 1 aromatic heterocycles. The molecule has 0 atom stereocenters. The number of aryl methyl sites for hydroxylation is 1. The van der Waals surface area contributed by atoms with E-state index in [1.54, 1.807) is 6.07 Å². The quantitative estimate of drug-likeness (QED) is 0.675. The van der Waals surface area contributed by atoms with Gasteiger partial charge in [-0.05, 0) is 24.1 Å². The van der Waals surface area contributed by atoms with Crippen molar-refractivity contribution in [3.05, 3.63) is 66.1 Å². The molecule has 0 radical (unpaired) electrons. The number of hydrogen-bond acceptors (Lipinski definition) is 5. The molecule has 0 saturated heterocycles. The summed E-state index contributed by atoms with van der Waals surface area (Å²) in [5.74, 6) is 1.32. The minimum absolute atomic E-state index is 0.0689. The van der Waals surface area contributed by atoms with Crippen LogP contribution in [0.5, 0.6) is 5.75 Å². The first-order valence-corrected chi connectivity index (χ1v) is 8.61. The molecule has 134 valence electrons. The second kappa shape index (κ2) is 8.80. The van der Waals surface area contributed by atoms with Gasteiger partial charge in [-0.15, -0.1) is 10.2 Å². The Hall–Kier alpha value is -3.15. The van der Waals surface area contributed by atoms with Crippen molar-refractivity contribution in [1.82, 2.24) is 15.5 Å². The van der Waals surface area contributed by atoms with E-state index < -0.39 is 0 Å². The van der Waals surface area contributed by atoms with Crippen LogP contribution in [0.15, 0.2) is 59.0 Å². The van der Waals surface area contributed by atoms with Gasteiger partial charge >= 0.3 is 0 Å². The summed E-state index contributed by atoms with van der Waals surface area (Å²) in [4.78, 5) is 12.0. The van der Waals surface area contributed by atoms with Crippen molar-refractivity contribution in [1.29, 1.82) is 0 Å². The first-order valence-electron chi connectivity index (χ1n) is 8.61. The average molecular weight is 351 g/mol. The van der Waals surface area contributed by atoms with E-state index in [1.807, 2.05) is 55.5 Å². The lowest BCUT2D eigenvalue weighted by Crippen LogP contribution is -2.30. The maximum atomic E-state index is 12.0. The largest absolute Gasteiger partial charge is 0.483 e. The van der Waals surface area contributed by atoms with Crippen molar-refractivity contribution >= 4 is 5.91 Å². The molecule has 0 saturated carbocycles. The summed E-state index contributed by atoms with van der Waals surface area (Å²) in [6.07, 6.45) is 1.45. The van der Waals surface area contributed by atoms with Gasteiger partial charge in [0, 0.05) is 13.0 Å². The first kappa shape index (κ1) is 17.7. The van der Waals surface area contributed by atoms with E-state index in [0.29, 0.717) is 36.1 Å². The lowest BCUT2D eigenvalue weighted by atomic mass is 10.1. The van der Waals surface area contributed by atoms with Gasteiger partial charge in [0.15, 0.2) is 6.61 Å². The number of rotatable bonds is 8. The van der Waals surface area contributed by atoms with Gasteiger partial charge in [0.05, 0.1) is 5.56 Å². The third-order valence-electron chi connectivity index (χ3n) is 3.82. The molecule has 26 heavy (non-hydrogen) atoms. The smallest absolute Gasteiger partial charge is 0.257 e. The van der Waals surface area contributed by atoms with Crippen molar-refractivity contribution < 1.29 is 13.9 Å². The number of amides is 1. The van der Waals surface area contributed by atoms with Crippen LogP contribution in [-0.4, -0.2) is 29.3 Å². The number of aromatic nitrogens is 2. The summed E-state index contributed by atoms with van der Waals surface area (Å²) in [5.41, 5.74) is 1.86. The van der Waals surface area contributed by atoms with Crippen LogP contribution in [0.2, 0.25) is 0 Å². The molecule has 0 aliphatic heterocycles. The topological polar surface area (TPSA) is 77.2 Å². The Morgan fingerprint density at radius 1 is 1.08 bits per heavy atom. The zero-order valence-corrected chi connectivity index (χ0v) is 14.6. The second-order valence-corrected chi connectivity index (χ2v) is 5.72. The molecule has 1 heterocycles. The van der Waals surface area contributed by atoms with E-state index in [-0.39, 0.29) is 12.5 Å². The molecule has 0 aliphatic carbocycles.